The number of likely N-dealkylation sites (N-methyl/N-ethyl adjacent to an activating group) is 1. The topological polar surface area (TPSA) is 23.5 Å². The molecule has 0 radical (unpaired) electrons. The smallest absolute Gasteiger partial charge is 0.145 e. The molecular formula is C13H17ClFNO. The van der Waals surface area contributed by atoms with Crippen LogP contribution in [-0.2, 0) is 6.42 Å². The lowest BCUT2D eigenvalue weighted by Gasteiger charge is -2.37. The Kier molecular flexibility index (Phi) is 3.71. The van der Waals surface area contributed by atoms with E-state index in [1.54, 1.807) is 12.1 Å². The van der Waals surface area contributed by atoms with Gasteiger partial charge >= 0.3 is 0 Å². The van der Waals surface area contributed by atoms with Crippen LogP contribution in [-0.4, -0.2) is 35.7 Å². The summed E-state index contributed by atoms with van der Waals surface area (Å²) in [6.45, 7) is 1.57. The van der Waals surface area contributed by atoms with Crippen LogP contribution in [0.15, 0.2) is 18.2 Å². The number of β-amino-alcohol motifs (C(OH)–C–C–N with tert-alkyl or cyclic N) is 1. The second-order valence-electron chi connectivity index (χ2n) is 4.96. The van der Waals surface area contributed by atoms with Gasteiger partial charge in [0.15, 0.2) is 0 Å². The second kappa shape index (κ2) is 4.92. The van der Waals surface area contributed by atoms with Crippen LogP contribution < -0.4 is 0 Å². The first-order valence-electron chi connectivity index (χ1n) is 5.84. The van der Waals surface area contributed by atoms with Crippen molar-refractivity contribution in [1.29, 1.82) is 0 Å². The molecular weight excluding hydrogens is 241 g/mol. The van der Waals surface area contributed by atoms with Gasteiger partial charge < -0.3 is 10.0 Å². The van der Waals surface area contributed by atoms with E-state index in [1.807, 2.05) is 7.05 Å². The molecule has 1 aromatic carbocycles. The van der Waals surface area contributed by atoms with Gasteiger partial charge in [0, 0.05) is 13.0 Å². The van der Waals surface area contributed by atoms with Crippen molar-refractivity contribution in [3.63, 3.8) is 0 Å². The van der Waals surface area contributed by atoms with Gasteiger partial charge in [0.05, 0.1) is 10.6 Å². The lowest BCUT2D eigenvalue weighted by atomic mass is 9.86. The Morgan fingerprint density at radius 1 is 1.53 bits per heavy atom. The maximum atomic E-state index is 13.8. The maximum absolute atomic E-state index is 13.8. The number of piperidine rings is 1. The fourth-order valence-corrected chi connectivity index (χ4v) is 2.72. The third kappa shape index (κ3) is 2.97. The zero-order chi connectivity index (χ0) is 12.5. The molecule has 1 heterocycles. The summed E-state index contributed by atoms with van der Waals surface area (Å²) in [7, 11) is 1.97. The highest BCUT2D eigenvalue weighted by molar-refractivity contribution is 6.30. The minimum atomic E-state index is -0.835. The Morgan fingerprint density at radius 2 is 2.29 bits per heavy atom. The van der Waals surface area contributed by atoms with Gasteiger partial charge in [-0.2, -0.15) is 0 Å². The van der Waals surface area contributed by atoms with Crippen molar-refractivity contribution in [3.8, 4) is 0 Å². The van der Waals surface area contributed by atoms with Crippen molar-refractivity contribution in [2.75, 3.05) is 20.1 Å². The number of nitrogens with zero attached hydrogens (tertiary/aromatic N) is 1. The van der Waals surface area contributed by atoms with Crippen LogP contribution in [0.2, 0.25) is 5.02 Å². The summed E-state index contributed by atoms with van der Waals surface area (Å²) >= 11 is 5.74. The van der Waals surface area contributed by atoms with Gasteiger partial charge in [-0.15, -0.1) is 0 Å². The molecule has 2 rings (SSSR count). The molecule has 1 atom stereocenters. The lowest BCUT2D eigenvalue weighted by Crippen LogP contribution is -2.48. The Bertz CT molecular complexity index is 412. The first-order valence-corrected chi connectivity index (χ1v) is 6.22. The normalized spacial score (nSPS) is 26.1. The molecule has 17 heavy (non-hydrogen) atoms. The van der Waals surface area contributed by atoms with E-state index < -0.39 is 11.4 Å². The summed E-state index contributed by atoms with van der Waals surface area (Å²) < 4.78 is 13.8. The zero-order valence-corrected chi connectivity index (χ0v) is 10.7. The molecule has 2 nitrogen and oxygen atoms in total. The van der Waals surface area contributed by atoms with E-state index in [-0.39, 0.29) is 5.02 Å². The van der Waals surface area contributed by atoms with Gasteiger partial charge in [-0.3, -0.25) is 0 Å². The van der Waals surface area contributed by atoms with Gasteiger partial charge in [0.25, 0.3) is 0 Å². The SMILES string of the molecule is CN1CCCC(O)(Cc2cccc(Cl)c2F)C1. The number of benzene rings is 1. The molecule has 1 aliphatic rings. The van der Waals surface area contributed by atoms with Crippen LogP contribution >= 0.6 is 11.6 Å². The van der Waals surface area contributed by atoms with E-state index in [2.05, 4.69) is 4.90 Å². The molecule has 1 N–H and O–H groups in total. The van der Waals surface area contributed by atoms with Gasteiger partial charge in [-0.1, -0.05) is 23.7 Å². The third-order valence-corrected chi connectivity index (χ3v) is 3.59. The fourth-order valence-electron chi connectivity index (χ4n) is 2.52. The Labute approximate surface area is 106 Å². The average Bonchev–Trinajstić information content (AvgIpc) is 2.24. The van der Waals surface area contributed by atoms with E-state index in [1.165, 1.54) is 6.07 Å². The van der Waals surface area contributed by atoms with Crippen molar-refractivity contribution in [1.82, 2.24) is 4.90 Å². The predicted octanol–water partition coefficient (Wildman–Crippen LogP) is 2.48. The average molecular weight is 258 g/mol. The second-order valence-corrected chi connectivity index (χ2v) is 5.36. The molecule has 0 saturated carbocycles. The van der Waals surface area contributed by atoms with Gasteiger partial charge in [-0.05, 0) is 38.1 Å². The molecule has 1 fully saturated rings. The highest BCUT2D eigenvalue weighted by atomic mass is 35.5. The fraction of sp³-hybridized carbons (Fsp3) is 0.538. The Balaban J connectivity index is 2.17. The highest BCUT2D eigenvalue weighted by Gasteiger charge is 2.32. The maximum Gasteiger partial charge on any atom is 0.145 e. The summed E-state index contributed by atoms with van der Waals surface area (Å²) in [5, 5.41) is 10.6. The monoisotopic (exact) mass is 257 g/mol. The predicted molar refractivity (Wildman–Crippen MR) is 66.8 cm³/mol. The summed E-state index contributed by atoms with van der Waals surface area (Å²) in [5.41, 5.74) is -0.339. The van der Waals surface area contributed by atoms with Crippen molar-refractivity contribution >= 4 is 11.6 Å². The van der Waals surface area contributed by atoms with Crippen LogP contribution in [0.1, 0.15) is 18.4 Å². The van der Waals surface area contributed by atoms with E-state index in [0.717, 1.165) is 13.0 Å². The van der Waals surface area contributed by atoms with Crippen molar-refractivity contribution in [2.45, 2.75) is 24.9 Å². The first-order chi connectivity index (χ1) is 8.00. The van der Waals surface area contributed by atoms with E-state index in [9.17, 15) is 9.50 Å². The largest absolute Gasteiger partial charge is 0.388 e. The Hall–Kier alpha value is -0.640. The van der Waals surface area contributed by atoms with Crippen molar-refractivity contribution < 1.29 is 9.50 Å². The van der Waals surface area contributed by atoms with Crippen LogP contribution in [0.3, 0.4) is 0 Å². The van der Waals surface area contributed by atoms with E-state index >= 15 is 0 Å². The number of rotatable bonds is 2. The summed E-state index contributed by atoms with van der Waals surface area (Å²) in [5.74, 6) is -0.407. The number of aliphatic hydroxyl groups is 1. The molecule has 0 aromatic heterocycles. The van der Waals surface area contributed by atoms with E-state index in [4.69, 9.17) is 11.6 Å². The van der Waals surface area contributed by atoms with Gasteiger partial charge in [0.2, 0.25) is 0 Å². The molecule has 0 bridgehead atoms. The van der Waals surface area contributed by atoms with Crippen LogP contribution in [0, 0.1) is 5.82 Å². The van der Waals surface area contributed by atoms with Crippen molar-refractivity contribution in [3.05, 3.63) is 34.6 Å². The molecule has 0 aliphatic carbocycles. The van der Waals surface area contributed by atoms with Crippen molar-refractivity contribution in [2.24, 2.45) is 0 Å². The Morgan fingerprint density at radius 3 is 3.00 bits per heavy atom. The van der Waals surface area contributed by atoms with Crippen LogP contribution in [0.4, 0.5) is 4.39 Å². The molecule has 1 saturated heterocycles. The quantitative estimate of drug-likeness (QED) is 0.880. The first kappa shape index (κ1) is 12.8. The van der Waals surface area contributed by atoms with Gasteiger partial charge in [0.1, 0.15) is 5.82 Å². The zero-order valence-electron chi connectivity index (χ0n) is 9.92. The number of hydrogen-bond acceptors (Lipinski definition) is 2. The molecule has 0 amide bonds. The minimum Gasteiger partial charge on any atom is -0.388 e. The number of likely N-dealkylation sites (tertiary alicyclic amines) is 1. The third-order valence-electron chi connectivity index (χ3n) is 3.30. The molecule has 94 valence electrons. The molecule has 1 unspecified atom stereocenters. The summed E-state index contributed by atoms with van der Waals surface area (Å²) in [6, 6.07) is 4.93. The molecule has 1 aromatic rings. The van der Waals surface area contributed by atoms with Crippen LogP contribution in [0.5, 0.6) is 0 Å². The van der Waals surface area contributed by atoms with Gasteiger partial charge in [-0.25, -0.2) is 4.39 Å². The number of halogens is 2. The molecule has 0 spiro atoms. The van der Waals surface area contributed by atoms with E-state index in [0.29, 0.717) is 24.9 Å². The minimum absolute atomic E-state index is 0.121. The van der Waals surface area contributed by atoms with Crippen LogP contribution in [0.25, 0.3) is 0 Å². The lowest BCUT2D eigenvalue weighted by molar-refractivity contribution is -0.0229. The molecule has 1 aliphatic heterocycles. The summed E-state index contributed by atoms with van der Waals surface area (Å²) in [4.78, 5) is 2.08. The number of hydrogen-bond donors (Lipinski definition) is 1. The summed E-state index contributed by atoms with van der Waals surface area (Å²) in [6.07, 6.45) is 1.97. The highest BCUT2D eigenvalue weighted by Crippen LogP contribution is 2.27. The molecule has 4 heteroatoms. The standard InChI is InChI=1S/C13H17ClFNO/c1-16-7-3-6-13(17,9-16)8-10-4-2-5-11(14)12(10)15/h2,4-5,17H,3,6-9H2,1H3.